The van der Waals surface area contributed by atoms with E-state index in [4.69, 9.17) is 11.6 Å². The van der Waals surface area contributed by atoms with Gasteiger partial charge in [0.1, 0.15) is 0 Å². The third kappa shape index (κ3) is 4.18. The summed E-state index contributed by atoms with van der Waals surface area (Å²) in [5.41, 5.74) is 1.32. The zero-order valence-corrected chi connectivity index (χ0v) is 8.78. The quantitative estimate of drug-likeness (QED) is 0.520. The van der Waals surface area contributed by atoms with Crippen LogP contribution in [0.5, 0.6) is 0 Å². The van der Waals surface area contributed by atoms with Crippen molar-refractivity contribution in [2.45, 2.75) is 13.8 Å². The first-order valence-electron chi connectivity index (χ1n) is 4.36. The molecule has 1 rings (SSSR count). The van der Waals surface area contributed by atoms with Gasteiger partial charge in [-0.05, 0) is 0 Å². The Morgan fingerprint density at radius 3 is 3.08 bits per heavy atom. The molecule has 1 aliphatic heterocycles. The van der Waals surface area contributed by atoms with Crippen LogP contribution in [0.1, 0.15) is 13.8 Å². The van der Waals surface area contributed by atoms with Crippen LogP contribution < -0.4 is 10.6 Å². The number of rotatable bonds is 3. The molecule has 0 bridgehead atoms. The Morgan fingerprint density at radius 2 is 2.54 bits per heavy atom. The fraction of sp³-hybridized carbons (Fsp3) is 0.444. The molecule has 0 fully saturated rings. The third-order valence-electron chi connectivity index (χ3n) is 1.68. The van der Waals surface area contributed by atoms with Crippen LogP contribution in [0.3, 0.4) is 0 Å². The summed E-state index contributed by atoms with van der Waals surface area (Å²) in [5.74, 6) is 2.98. The molecule has 0 atom stereocenters. The van der Waals surface area contributed by atoms with Crippen molar-refractivity contribution in [2.24, 2.45) is 0 Å². The third-order valence-corrected chi connectivity index (χ3v) is 1.94. The van der Waals surface area contributed by atoms with E-state index < -0.39 is 0 Å². The van der Waals surface area contributed by atoms with Gasteiger partial charge in [0.25, 0.3) is 0 Å². The van der Waals surface area contributed by atoms with Crippen LogP contribution >= 0.6 is 11.6 Å². The number of hydrogen-bond acceptors (Lipinski definition) is 2. The predicted molar refractivity (Wildman–Crippen MR) is 60.1 cm³/mol. The summed E-state index contributed by atoms with van der Waals surface area (Å²) in [4.78, 5) is 0.841. The van der Waals surface area contributed by atoms with Crippen molar-refractivity contribution in [1.29, 1.82) is 0 Å². The molecular weight excluding hydrogens is 182 g/mol. The molecule has 0 saturated carbocycles. The molecule has 70 valence electrons. The van der Waals surface area contributed by atoms with E-state index in [1.54, 1.807) is 0 Å². The normalized spacial score (nSPS) is 14.7. The Hall–Kier alpha value is -0.695. The van der Waals surface area contributed by atoms with Crippen LogP contribution in [0.4, 0.5) is 0 Å². The van der Waals surface area contributed by atoms with E-state index in [0.717, 1.165) is 23.8 Å². The van der Waals surface area contributed by atoms with Gasteiger partial charge in [0, 0.05) is 0 Å². The van der Waals surface area contributed by atoms with Gasteiger partial charge in [0.2, 0.25) is 0 Å². The number of halogens is 1. The van der Waals surface area contributed by atoms with E-state index in [-0.39, 0.29) is 0 Å². The van der Waals surface area contributed by atoms with Crippen LogP contribution in [-0.4, -0.2) is 24.9 Å². The summed E-state index contributed by atoms with van der Waals surface area (Å²) in [5, 5.41) is 6.41. The second kappa shape index (κ2) is 5.13. The molecule has 2 nitrogen and oxygen atoms in total. The minimum atomic E-state index is 0.717. The van der Waals surface area contributed by atoms with Crippen LogP contribution in [0, 0.1) is 0 Å². The molecule has 2 N–H and O–H groups in total. The Labute approximate surface area is 85.0 Å². The molecule has 0 aliphatic carbocycles. The first kappa shape index (κ1) is 10.4. The van der Waals surface area contributed by atoms with Crippen LogP contribution in [0.2, 0.25) is 0 Å². The van der Waals surface area contributed by atoms with Crippen molar-refractivity contribution in [3.63, 3.8) is 0 Å². The standard InChI is InChI=1S/C9H14BClN2/c1-7(2)3-4-12-9-5-10-8(11)6-13-9/h3,5,12-13H,4,6H2,1-2H3. The van der Waals surface area contributed by atoms with Crippen molar-refractivity contribution >= 4 is 23.4 Å². The molecule has 0 spiro atoms. The molecule has 0 radical (unpaired) electrons. The summed E-state index contributed by atoms with van der Waals surface area (Å²) in [7, 11) is 0. The fourth-order valence-electron chi connectivity index (χ4n) is 0.958. The van der Waals surface area contributed by atoms with Crippen molar-refractivity contribution in [1.82, 2.24) is 10.6 Å². The van der Waals surface area contributed by atoms with Crippen LogP contribution in [0.15, 0.2) is 23.4 Å². The molecule has 4 heteroatoms. The Balaban J connectivity index is 2.34. The maximum atomic E-state index is 5.78. The maximum absolute atomic E-state index is 5.78. The molecule has 1 aliphatic rings. The molecule has 0 saturated heterocycles. The summed E-state index contributed by atoms with van der Waals surface area (Å²) in [6.45, 7) is 7.65. The average molecular weight is 196 g/mol. The van der Waals surface area contributed by atoms with Gasteiger partial charge >= 0.3 is 84.5 Å². The molecule has 0 aromatic carbocycles. The molecule has 0 amide bonds. The van der Waals surface area contributed by atoms with Gasteiger partial charge in [0.05, 0.1) is 0 Å². The van der Waals surface area contributed by atoms with E-state index in [9.17, 15) is 0 Å². The molecule has 13 heavy (non-hydrogen) atoms. The summed E-state index contributed by atoms with van der Waals surface area (Å²) < 4.78 is 0. The molecular formula is C9H14BClN2. The monoisotopic (exact) mass is 196 g/mol. The first-order chi connectivity index (χ1) is 6.18. The van der Waals surface area contributed by atoms with Crippen LogP contribution in [-0.2, 0) is 0 Å². The second-order valence-corrected chi connectivity index (χ2v) is 3.70. The van der Waals surface area contributed by atoms with Gasteiger partial charge in [-0.15, -0.1) is 0 Å². The number of hydrogen-bond donors (Lipinski definition) is 2. The average Bonchev–Trinajstić information content (AvgIpc) is 2.08. The minimum absolute atomic E-state index is 0.717. The Bertz CT molecular complexity index is 265. The predicted octanol–water partition coefficient (Wildman–Crippen LogP) is 1.02. The van der Waals surface area contributed by atoms with Crippen molar-refractivity contribution in [2.75, 3.05) is 13.1 Å². The first-order valence-corrected chi connectivity index (χ1v) is 4.74. The van der Waals surface area contributed by atoms with Gasteiger partial charge in [0.15, 0.2) is 0 Å². The van der Waals surface area contributed by atoms with Crippen molar-refractivity contribution < 1.29 is 0 Å². The van der Waals surface area contributed by atoms with Crippen molar-refractivity contribution in [3.05, 3.63) is 23.4 Å². The van der Waals surface area contributed by atoms with E-state index in [1.807, 2.05) is 12.9 Å². The SMILES string of the molecule is CC(C)=CCNC1=CB=C(Cl)CN1. The van der Waals surface area contributed by atoms with Gasteiger partial charge in [-0.25, -0.2) is 0 Å². The molecule has 1 heterocycles. The molecule has 0 aromatic rings. The van der Waals surface area contributed by atoms with Gasteiger partial charge in [-0.2, -0.15) is 0 Å². The molecule has 0 aromatic heterocycles. The van der Waals surface area contributed by atoms with Gasteiger partial charge in [-0.1, -0.05) is 0 Å². The zero-order valence-electron chi connectivity index (χ0n) is 8.02. The zero-order chi connectivity index (χ0) is 9.68. The van der Waals surface area contributed by atoms with Gasteiger partial charge in [-0.3, -0.25) is 0 Å². The van der Waals surface area contributed by atoms with E-state index in [0.29, 0.717) is 0 Å². The van der Waals surface area contributed by atoms with E-state index in [1.165, 1.54) is 5.57 Å². The fourth-order valence-corrected chi connectivity index (χ4v) is 1.09. The summed E-state index contributed by atoms with van der Waals surface area (Å²) in [6, 6.07) is 0. The Morgan fingerprint density at radius 1 is 1.77 bits per heavy atom. The number of nitrogens with one attached hydrogen (secondary N) is 2. The van der Waals surface area contributed by atoms with Crippen LogP contribution in [0.25, 0.3) is 0 Å². The Kier molecular flexibility index (Phi) is 4.09. The topological polar surface area (TPSA) is 24.1 Å². The van der Waals surface area contributed by atoms with Gasteiger partial charge < -0.3 is 0 Å². The van der Waals surface area contributed by atoms with E-state index >= 15 is 0 Å². The summed E-state index contributed by atoms with van der Waals surface area (Å²) in [6.07, 6.45) is 2.14. The second-order valence-electron chi connectivity index (χ2n) is 3.21. The van der Waals surface area contributed by atoms with Crippen molar-refractivity contribution in [3.8, 4) is 0 Å². The summed E-state index contributed by atoms with van der Waals surface area (Å²) >= 11 is 5.78. The number of allylic oxidation sites excluding steroid dienone is 1. The van der Waals surface area contributed by atoms with E-state index in [2.05, 4.69) is 30.6 Å². The molecule has 0 unspecified atom stereocenters.